The Morgan fingerprint density at radius 2 is 2.50 bits per heavy atom. The van der Waals surface area contributed by atoms with Crippen LogP contribution < -0.4 is 5.32 Å². The molecule has 0 aromatic rings. The van der Waals surface area contributed by atoms with Crippen molar-refractivity contribution < 1.29 is 4.79 Å². The Labute approximate surface area is 72.4 Å². The van der Waals surface area contributed by atoms with E-state index in [0.29, 0.717) is 18.9 Å². The second kappa shape index (κ2) is 4.09. The summed E-state index contributed by atoms with van der Waals surface area (Å²) in [5, 5.41) is 10.2. The third-order valence-corrected chi connectivity index (χ3v) is 1.93. The summed E-state index contributed by atoms with van der Waals surface area (Å²) < 4.78 is 0. The molecule has 0 unspecified atom stereocenters. The molecule has 68 valence electrons. The molecule has 0 saturated carbocycles. The zero-order valence-electron chi connectivity index (χ0n) is 7.39. The third-order valence-electron chi connectivity index (χ3n) is 1.93. The van der Waals surface area contributed by atoms with Crippen LogP contribution >= 0.6 is 0 Å². The highest BCUT2D eigenvalue weighted by Crippen LogP contribution is 2.08. The van der Waals surface area contributed by atoms with Crippen molar-refractivity contribution in [2.45, 2.75) is 19.8 Å². The normalized spacial score (nSPS) is 16.8. The van der Waals surface area contributed by atoms with Gasteiger partial charge in [0.1, 0.15) is 0 Å². The van der Waals surface area contributed by atoms with Crippen LogP contribution in [0.25, 0.3) is 0 Å². The lowest BCUT2D eigenvalue weighted by Gasteiger charge is -2.16. The maximum Gasteiger partial charge on any atom is 0.239 e. The van der Waals surface area contributed by atoms with Gasteiger partial charge in [0.05, 0.1) is 12.4 Å². The van der Waals surface area contributed by atoms with Crippen LogP contribution in [0.4, 0.5) is 0 Å². The molecule has 0 aromatic carbocycles. The molecule has 0 spiro atoms. The number of amides is 1. The summed E-state index contributed by atoms with van der Waals surface area (Å²) in [6.07, 6.45) is 1.83. The van der Waals surface area contributed by atoms with Crippen molar-refractivity contribution in [3.05, 3.63) is 0 Å². The molecular formula is C8H15N3O. The van der Waals surface area contributed by atoms with E-state index in [-0.39, 0.29) is 5.91 Å². The van der Waals surface area contributed by atoms with Crippen molar-refractivity contribution in [3.63, 3.8) is 0 Å². The fraction of sp³-hybridized carbons (Fsp3) is 0.750. The fourth-order valence-electron chi connectivity index (χ4n) is 1.33. The Morgan fingerprint density at radius 1 is 1.75 bits per heavy atom. The Kier molecular flexibility index (Phi) is 3.08. The molecule has 4 heteroatoms. The van der Waals surface area contributed by atoms with Crippen molar-refractivity contribution >= 4 is 11.7 Å². The summed E-state index contributed by atoms with van der Waals surface area (Å²) in [4.78, 5) is 12.9. The molecule has 0 bridgehead atoms. The highest BCUT2D eigenvalue weighted by molar-refractivity contribution is 5.87. The van der Waals surface area contributed by atoms with Crippen molar-refractivity contribution in [2.24, 2.45) is 0 Å². The molecule has 1 amide bonds. The number of hydrogen-bond acceptors (Lipinski definition) is 2. The molecule has 1 saturated heterocycles. The van der Waals surface area contributed by atoms with Gasteiger partial charge in [0.25, 0.3) is 0 Å². The lowest BCUT2D eigenvalue weighted by atomic mass is 10.4. The lowest BCUT2D eigenvalue weighted by molar-refractivity contribution is -0.121. The van der Waals surface area contributed by atoms with Gasteiger partial charge in [0.15, 0.2) is 0 Å². The zero-order chi connectivity index (χ0) is 8.97. The summed E-state index contributed by atoms with van der Waals surface area (Å²) in [5.41, 5.74) is 0. The molecule has 0 aromatic heterocycles. The number of carbonyl (C=O) groups is 1. The first-order chi connectivity index (χ1) is 5.74. The van der Waals surface area contributed by atoms with E-state index in [4.69, 9.17) is 5.41 Å². The van der Waals surface area contributed by atoms with Gasteiger partial charge in [-0.2, -0.15) is 0 Å². The first kappa shape index (κ1) is 9.03. The number of likely N-dealkylation sites (tertiary alicyclic amines) is 1. The van der Waals surface area contributed by atoms with Gasteiger partial charge < -0.3 is 10.2 Å². The van der Waals surface area contributed by atoms with Crippen LogP contribution in [0.3, 0.4) is 0 Å². The Balaban J connectivity index is 2.30. The third kappa shape index (κ3) is 2.22. The van der Waals surface area contributed by atoms with Crippen LogP contribution in [0.15, 0.2) is 0 Å². The van der Waals surface area contributed by atoms with Crippen molar-refractivity contribution in [2.75, 3.05) is 19.6 Å². The van der Waals surface area contributed by atoms with Crippen LogP contribution in [0, 0.1) is 5.41 Å². The largest absolute Gasteiger partial charge is 0.355 e. The maximum atomic E-state index is 11.1. The van der Waals surface area contributed by atoms with Gasteiger partial charge in [-0.15, -0.1) is 0 Å². The topological polar surface area (TPSA) is 56.2 Å². The zero-order valence-corrected chi connectivity index (χ0v) is 7.39. The van der Waals surface area contributed by atoms with E-state index in [2.05, 4.69) is 5.32 Å². The van der Waals surface area contributed by atoms with Crippen molar-refractivity contribution in [1.29, 1.82) is 5.41 Å². The molecule has 4 nitrogen and oxygen atoms in total. The minimum atomic E-state index is 0.0177. The van der Waals surface area contributed by atoms with Crippen LogP contribution in [0.2, 0.25) is 0 Å². The highest BCUT2D eigenvalue weighted by atomic mass is 16.2. The Hall–Kier alpha value is -1.06. The number of amidine groups is 1. The van der Waals surface area contributed by atoms with Gasteiger partial charge in [-0.1, -0.05) is 0 Å². The van der Waals surface area contributed by atoms with Gasteiger partial charge in [-0.05, 0) is 13.3 Å². The second-order valence-corrected chi connectivity index (χ2v) is 2.93. The number of carbonyl (C=O) groups excluding carboxylic acids is 1. The number of hydrogen-bond donors (Lipinski definition) is 2. The first-order valence-corrected chi connectivity index (χ1v) is 4.33. The van der Waals surface area contributed by atoms with Crippen LogP contribution in [-0.4, -0.2) is 36.3 Å². The molecule has 2 N–H and O–H groups in total. The van der Waals surface area contributed by atoms with Crippen molar-refractivity contribution in [3.8, 4) is 0 Å². The van der Waals surface area contributed by atoms with Gasteiger partial charge in [-0.25, -0.2) is 0 Å². The molecule has 1 aliphatic heterocycles. The van der Waals surface area contributed by atoms with Crippen LogP contribution in [0.5, 0.6) is 0 Å². The molecular weight excluding hydrogens is 154 g/mol. The molecule has 1 fully saturated rings. The lowest BCUT2D eigenvalue weighted by Crippen LogP contribution is -2.37. The average molecular weight is 169 g/mol. The van der Waals surface area contributed by atoms with Crippen molar-refractivity contribution in [1.82, 2.24) is 10.2 Å². The SMILES string of the molecule is CCNC(=O)CN1CCCC1=N. The summed E-state index contributed by atoms with van der Waals surface area (Å²) >= 11 is 0. The second-order valence-electron chi connectivity index (χ2n) is 2.93. The predicted molar refractivity (Wildman–Crippen MR) is 47.2 cm³/mol. The van der Waals surface area contributed by atoms with Crippen LogP contribution in [-0.2, 0) is 4.79 Å². The molecule has 12 heavy (non-hydrogen) atoms. The highest BCUT2D eigenvalue weighted by Gasteiger charge is 2.18. The first-order valence-electron chi connectivity index (χ1n) is 4.33. The number of likely N-dealkylation sites (N-methyl/N-ethyl adjacent to an activating group) is 1. The summed E-state index contributed by atoms with van der Waals surface area (Å²) in [5.74, 6) is 0.616. The van der Waals surface area contributed by atoms with E-state index in [9.17, 15) is 4.79 Å². The summed E-state index contributed by atoms with van der Waals surface area (Å²) in [6, 6.07) is 0. The molecule has 1 heterocycles. The van der Waals surface area contributed by atoms with E-state index in [0.717, 1.165) is 19.4 Å². The molecule has 1 aliphatic rings. The summed E-state index contributed by atoms with van der Waals surface area (Å²) in [6.45, 7) is 3.77. The van der Waals surface area contributed by atoms with Crippen LogP contribution in [0.1, 0.15) is 19.8 Å². The molecule has 0 radical (unpaired) electrons. The average Bonchev–Trinajstić information content (AvgIpc) is 2.37. The maximum absolute atomic E-state index is 11.1. The molecule has 1 rings (SSSR count). The minimum Gasteiger partial charge on any atom is -0.355 e. The van der Waals surface area contributed by atoms with E-state index in [1.807, 2.05) is 11.8 Å². The number of nitrogens with one attached hydrogen (secondary N) is 2. The van der Waals surface area contributed by atoms with Gasteiger partial charge >= 0.3 is 0 Å². The van der Waals surface area contributed by atoms with Gasteiger partial charge in [0.2, 0.25) is 5.91 Å². The molecule has 0 atom stereocenters. The van der Waals surface area contributed by atoms with E-state index < -0.39 is 0 Å². The summed E-state index contributed by atoms with van der Waals surface area (Å²) in [7, 11) is 0. The van der Waals surface area contributed by atoms with Gasteiger partial charge in [0, 0.05) is 19.5 Å². The fourth-order valence-corrected chi connectivity index (χ4v) is 1.33. The van der Waals surface area contributed by atoms with E-state index in [1.54, 1.807) is 0 Å². The number of nitrogens with zero attached hydrogens (tertiary/aromatic N) is 1. The standard InChI is InChI=1S/C8H15N3O/c1-2-10-8(12)6-11-5-3-4-7(11)9/h9H,2-6H2,1H3,(H,10,12). The van der Waals surface area contributed by atoms with Gasteiger partial charge in [-0.3, -0.25) is 10.2 Å². The monoisotopic (exact) mass is 169 g/mol. The van der Waals surface area contributed by atoms with E-state index in [1.165, 1.54) is 0 Å². The van der Waals surface area contributed by atoms with E-state index >= 15 is 0 Å². The smallest absolute Gasteiger partial charge is 0.239 e. The minimum absolute atomic E-state index is 0.0177. The Bertz CT molecular complexity index is 191. The Morgan fingerprint density at radius 3 is 3.00 bits per heavy atom. The predicted octanol–water partition coefficient (Wildman–Crippen LogP) is 0.196. The number of rotatable bonds is 3. The molecule has 0 aliphatic carbocycles. The quantitative estimate of drug-likeness (QED) is 0.634.